The number of nitrogens with two attached hydrogens (primary N) is 1. The van der Waals surface area contributed by atoms with E-state index in [0.717, 1.165) is 12.8 Å². The highest BCUT2D eigenvalue weighted by atomic mass is 16.3. The molecule has 4 N–H and O–H groups in total. The number of nitrogens with one attached hydrogen (secondary N) is 1. The monoisotopic (exact) mass is 244 g/mol. The molecule has 0 aliphatic heterocycles. The van der Waals surface area contributed by atoms with Crippen molar-refractivity contribution in [1.82, 2.24) is 5.32 Å². The summed E-state index contributed by atoms with van der Waals surface area (Å²) in [7, 11) is 0. The van der Waals surface area contributed by atoms with Crippen molar-refractivity contribution in [2.75, 3.05) is 13.1 Å². The first-order valence-electron chi connectivity index (χ1n) is 6.46. The Morgan fingerprint density at radius 1 is 1.41 bits per heavy atom. The van der Waals surface area contributed by atoms with E-state index in [-0.39, 0.29) is 17.2 Å². The molecule has 0 radical (unpaired) electrons. The van der Waals surface area contributed by atoms with Gasteiger partial charge < -0.3 is 16.2 Å². The predicted octanol–water partition coefficient (Wildman–Crippen LogP) is 1.27. The van der Waals surface area contributed by atoms with Crippen LogP contribution in [0.2, 0.25) is 0 Å². The molecule has 0 aliphatic carbocycles. The van der Waals surface area contributed by atoms with Crippen LogP contribution < -0.4 is 11.1 Å². The van der Waals surface area contributed by atoms with Gasteiger partial charge in [0.05, 0.1) is 12.0 Å². The number of hydrogen-bond acceptors (Lipinski definition) is 3. The summed E-state index contributed by atoms with van der Waals surface area (Å²) in [5, 5.41) is 12.3. The average molecular weight is 244 g/mol. The first-order valence-corrected chi connectivity index (χ1v) is 6.46. The van der Waals surface area contributed by atoms with Gasteiger partial charge in [-0.25, -0.2) is 0 Å². The van der Waals surface area contributed by atoms with E-state index in [1.165, 1.54) is 0 Å². The van der Waals surface area contributed by atoms with E-state index in [1.807, 2.05) is 6.92 Å². The van der Waals surface area contributed by atoms with E-state index >= 15 is 0 Å². The number of carbonyl (C=O) groups excluding carboxylic acids is 1. The summed E-state index contributed by atoms with van der Waals surface area (Å²) in [5.74, 6) is -0.207. The molecular formula is C13H28N2O2. The highest BCUT2D eigenvalue weighted by molar-refractivity contribution is 5.78. The number of carbonyl (C=O) groups is 1. The molecule has 17 heavy (non-hydrogen) atoms. The number of aliphatic hydroxyl groups excluding tert-OH is 1. The fourth-order valence-electron chi connectivity index (χ4n) is 1.82. The summed E-state index contributed by atoms with van der Waals surface area (Å²) in [6.45, 7) is 8.96. The van der Waals surface area contributed by atoms with Crippen LogP contribution in [0.4, 0.5) is 0 Å². The minimum atomic E-state index is -0.447. The van der Waals surface area contributed by atoms with Gasteiger partial charge in [0.15, 0.2) is 0 Å². The Balaban J connectivity index is 4.09. The molecule has 2 unspecified atom stereocenters. The molecule has 0 aromatic rings. The molecule has 4 nitrogen and oxygen atoms in total. The molecule has 0 bridgehead atoms. The Morgan fingerprint density at radius 2 is 2.00 bits per heavy atom. The van der Waals surface area contributed by atoms with Crippen molar-refractivity contribution < 1.29 is 9.90 Å². The summed E-state index contributed by atoms with van der Waals surface area (Å²) in [6.07, 6.45) is 1.95. The van der Waals surface area contributed by atoms with Crippen LogP contribution >= 0.6 is 0 Å². The lowest BCUT2D eigenvalue weighted by molar-refractivity contribution is -0.126. The zero-order valence-electron chi connectivity index (χ0n) is 11.6. The molecule has 1 amide bonds. The molecule has 0 heterocycles. The quantitative estimate of drug-likeness (QED) is 0.631. The maximum atomic E-state index is 11.9. The molecule has 0 saturated carbocycles. The summed E-state index contributed by atoms with van der Waals surface area (Å²) in [6, 6.07) is 0. The lowest BCUT2D eigenvalue weighted by Gasteiger charge is -2.24. The van der Waals surface area contributed by atoms with Gasteiger partial charge in [-0.1, -0.05) is 34.1 Å². The third kappa shape index (κ3) is 8.16. The molecule has 4 heteroatoms. The van der Waals surface area contributed by atoms with Crippen molar-refractivity contribution in [2.24, 2.45) is 17.1 Å². The fourth-order valence-corrected chi connectivity index (χ4v) is 1.82. The Hall–Kier alpha value is -0.610. The first kappa shape index (κ1) is 16.4. The normalized spacial score (nSPS) is 15.4. The van der Waals surface area contributed by atoms with Crippen molar-refractivity contribution >= 4 is 5.91 Å². The molecule has 0 saturated heterocycles. The average Bonchev–Trinajstić information content (AvgIpc) is 2.21. The Labute approximate surface area is 105 Å². The van der Waals surface area contributed by atoms with Gasteiger partial charge in [0.2, 0.25) is 5.91 Å². The van der Waals surface area contributed by atoms with E-state index in [2.05, 4.69) is 26.1 Å². The van der Waals surface area contributed by atoms with Gasteiger partial charge in [0, 0.05) is 13.1 Å². The van der Waals surface area contributed by atoms with E-state index in [4.69, 9.17) is 5.73 Å². The molecular weight excluding hydrogens is 216 g/mol. The Bertz CT molecular complexity index is 224. The van der Waals surface area contributed by atoms with Crippen molar-refractivity contribution in [3.8, 4) is 0 Å². The summed E-state index contributed by atoms with van der Waals surface area (Å²) in [5.41, 5.74) is 5.71. The largest absolute Gasteiger partial charge is 0.391 e. The van der Waals surface area contributed by atoms with Gasteiger partial charge in [-0.05, 0) is 18.3 Å². The van der Waals surface area contributed by atoms with E-state index in [0.29, 0.717) is 19.5 Å². The Kier molecular flexibility index (Phi) is 7.39. The van der Waals surface area contributed by atoms with Crippen molar-refractivity contribution in [1.29, 1.82) is 0 Å². The van der Waals surface area contributed by atoms with Gasteiger partial charge in [0.25, 0.3) is 0 Å². The molecule has 2 atom stereocenters. The number of rotatable bonds is 7. The van der Waals surface area contributed by atoms with Crippen molar-refractivity contribution in [2.45, 2.75) is 53.1 Å². The van der Waals surface area contributed by atoms with Crippen LogP contribution in [-0.2, 0) is 4.79 Å². The van der Waals surface area contributed by atoms with Gasteiger partial charge in [0.1, 0.15) is 0 Å². The highest BCUT2D eigenvalue weighted by Gasteiger charge is 2.23. The number of amides is 1. The Morgan fingerprint density at radius 3 is 2.41 bits per heavy atom. The highest BCUT2D eigenvalue weighted by Crippen LogP contribution is 2.23. The zero-order chi connectivity index (χ0) is 13.5. The predicted molar refractivity (Wildman–Crippen MR) is 70.5 cm³/mol. The molecule has 0 aliphatic rings. The van der Waals surface area contributed by atoms with E-state index in [9.17, 15) is 9.90 Å². The summed E-state index contributed by atoms with van der Waals surface area (Å²) < 4.78 is 0. The number of aliphatic hydroxyl groups is 1. The van der Waals surface area contributed by atoms with Gasteiger partial charge >= 0.3 is 0 Å². The van der Waals surface area contributed by atoms with Crippen LogP contribution in [0.25, 0.3) is 0 Å². The molecule has 102 valence electrons. The van der Waals surface area contributed by atoms with Crippen molar-refractivity contribution in [3.63, 3.8) is 0 Å². The van der Waals surface area contributed by atoms with Crippen LogP contribution in [0.15, 0.2) is 0 Å². The molecule has 0 spiro atoms. The van der Waals surface area contributed by atoms with Crippen LogP contribution in [0.1, 0.15) is 47.0 Å². The third-order valence-electron chi connectivity index (χ3n) is 2.65. The first-order chi connectivity index (χ1) is 7.80. The SMILES string of the molecule is CCCC(O)CNC(=O)C(CN)CC(C)(C)C. The molecule has 0 fully saturated rings. The lowest BCUT2D eigenvalue weighted by atomic mass is 9.84. The van der Waals surface area contributed by atoms with Crippen LogP contribution in [0, 0.1) is 11.3 Å². The second-order valence-corrected chi connectivity index (χ2v) is 5.89. The minimum absolute atomic E-state index is 0.0439. The summed E-state index contributed by atoms with van der Waals surface area (Å²) >= 11 is 0. The van der Waals surface area contributed by atoms with Gasteiger partial charge in [-0.3, -0.25) is 4.79 Å². The topological polar surface area (TPSA) is 75.3 Å². The fraction of sp³-hybridized carbons (Fsp3) is 0.923. The van der Waals surface area contributed by atoms with E-state index < -0.39 is 6.10 Å². The van der Waals surface area contributed by atoms with Gasteiger partial charge in [-0.15, -0.1) is 0 Å². The molecule has 0 aromatic carbocycles. The van der Waals surface area contributed by atoms with Crippen molar-refractivity contribution in [3.05, 3.63) is 0 Å². The smallest absolute Gasteiger partial charge is 0.224 e. The summed E-state index contributed by atoms with van der Waals surface area (Å²) in [4.78, 5) is 11.9. The minimum Gasteiger partial charge on any atom is -0.391 e. The van der Waals surface area contributed by atoms with Crippen LogP contribution in [0.3, 0.4) is 0 Å². The molecule has 0 aromatic heterocycles. The second-order valence-electron chi connectivity index (χ2n) is 5.89. The van der Waals surface area contributed by atoms with Crippen LogP contribution in [-0.4, -0.2) is 30.2 Å². The zero-order valence-corrected chi connectivity index (χ0v) is 11.6. The number of hydrogen-bond donors (Lipinski definition) is 3. The maximum Gasteiger partial charge on any atom is 0.224 e. The molecule has 0 rings (SSSR count). The lowest BCUT2D eigenvalue weighted by Crippen LogP contribution is -2.40. The van der Waals surface area contributed by atoms with Crippen LogP contribution in [0.5, 0.6) is 0 Å². The standard InChI is InChI=1S/C13H28N2O2/c1-5-6-11(16)9-15-12(17)10(8-14)7-13(2,3)4/h10-11,16H,5-9,14H2,1-4H3,(H,15,17). The van der Waals surface area contributed by atoms with E-state index in [1.54, 1.807) is 0 Å². The second kappa shape index (κ2) is 7.67. The van der Waals surface area contributed by atoms with Gasteiger partial charge in [-0.2, -0.15) is 0 Å². The third-order valence-corrected chi connectivity index (χ3v) is 2.65. The maximum absolute atomic E-state index is 11.9.